The Morgan fingerprint density at radius 1 is 1.03 bits per heavy atom. The van der Waals surface area contributed by atoms with Crippen molar-refractivity contribution < 1.29 is 4.79 Å². The molecule has 162 valence electrons. The first-order chi connectivity index (χ1) is 15.5. The smallest absolute Gasteiger partial charge is 0.262 e. The Bertz CT molecular complexity index is 1310. The molecule has 4 nitrogen and oxygen atoms in total. The average molecular weight is 528 g/mol. The van der Waals surface area contributed by atoms with Gasteiger partial charge in [-0.2, -0.15) is 0 Å². The van der Waals surface area contributed by atoms with Crippen molar-refractivity contribution in [2.75, 3.05) is 5.75 Å². The van der Waals surface area contributed by atoms with Crippen LogP contribution in [0.1, 0.15) is 28.8 Å². The molecule has 0 unspecified atom stereocenters. The van der Waals surface area contributed by atoms with Gasteiger partial charge in [0.1, 0.15) is 0 Å². The largest absolute Gasteiger partial charge is 0.294 e. The van der Waals surface area contributed by atoms with Crippen LogP contribution in [0.25, 0.3) is 10.9 Å². The van der Waals surface area contributed by atoms with Crippen LogP contribution in [0.15, 0.2) is 87.2 Å². The van der Waals surface area contributed by atoms with E-state index in [9.17, 15) is 9.59 Å². The van der Waals surface area contributed by atoms with E-state index < -0.39 is 0 Å². The molecule has 0 bridgehead atoms. The number of fused-ring (bicyclic) bond motifs is 1. The van der Waals surface area contributed by atoms with Crippen molar-refractivity contribution in [1.29, 1.82) is 0 Å². The Morgan fingerprint density at radius 3 is 2.53 bits per heavy atom. The molecule has 4 aromatic rings. The minimum Gasteiger partial charge on any atom is -0.294 e. The first-order valence-electron chi connectivity index (χ1n) is 10.2. The Kier molecular flexibility index (Phi) is 7.45. The number of nitrogens with zero attached hydrogens (tertiary/aromatic N) is 2. The summed E-state index contributed by atoms with van der Waals surface area (Å²) >= 11 is 11.0. The highest BCUT2D eigenvalue weighted by Crippen LogP contribution is 2.23. The molecular weight excluding hydrogens is 508 g/mol. The summed E-state index contributed by atoms with van der Waals surface area (Å²) in [6.45, 7) is 0.436. The summed E-state index contributed by atoms with van der Waals surface area (Å²) in [7, 11) is 0. The molecule has 4 rings (SSSR count). The molecular formula is C25H20BrClN2O2S. The van der Waals surface area contributed by atoms with Gasteiger partial charge in [0.05, 0.1) is 17.4 Å². The summed E-state index contributed by atoms with van der Waals surface area (Å²) in [5.41, 5.74) is 2.22. The highest BCUT2D eigenvalue weighted by Gasteiger charge is 2.13. The van der Waals surface area contributed by atoms with Gasteiger partial charge < -0.3 is 0 Å². The van der Waals surface area contributed by atoms with Crippen LogP contribution in [-0.2, 0) is 6.54 Å². The molecule has 1 heterocycles. The fourth-order valence-corrected chi connectivity index (χ4v) is 4.73. The minimum atomic E-state index is -0.0936. The quantitative estimate of drug-likeness (QED) is 0.112. The molecule has 0 saturated heterocycles. The molecule has 0 N–H and O–H groups in total. The summed E-state index contributed by atoms with van der Waals surface area (Å²) < 4.78 is 2.65. The number of rotatable bonds is 8. The Morgan fingerprint density at radius 2 is 1.78 bits per heavy atom. The first-order valence-corrected chi connectivity index (χ1v) is 12.3. The summed E-state index contributed by atoms with van der Waals surface area (Å²) in [6.07, 6.45) is 1.13. The number of hydrogen-bond acceptors (Lipinski definition) is 4. The molecule has 1 aromatic heterocycles. The van der Waals surface area contributed by atoms with Crippen LogP contribution < -0.4 is 5.56 Å². The topological polar surface area (TPSA) is 52.0 Å². The van der Waals surface area contributed by atoms with Crippen molar-refractivity contribution in [1.82, 2.24) is 9.55 Å². The molecule has 0 atom stereocenters. The fraction of sp³-hybridized carbons (Fsp3) is 0.160. The number of benzene rings is 3. The molecule has 7 heteroatoms. The fourth-order valence-electron chi connectivity index (χ4n) is 3.37. The highest BCUT2D eigenvalue weighted by atomic mass is 79.9. The summed E-state index contributed by atoms with van der Waals surface area (Å²) in [5, 5.41) is 1.71. The van der Waals surface area contributed by atoms with Crippen LogP contribution >= 0.6 is 39.3 Å². The Labute approximate surface area is 203 Å². The van der Waals surface area contributed by atoms with E-state index in [4.69, 9.17) is 16.6 Å². The first kappa shape index (κ1) is 22.8. The van der Waals surface area contributed by atoms with Gasteiger partial charge in [-0.05, 0) is 42.3 Å². The van der Waals surface area contributed by atoms with Gasteiger partial charge in [0.15, 0.2) is 10.9 Å². The molecule has 0 radical (unpaired) electrons. The zero-order chi connectivity index (χ0) is 22.5. The van der Waals surface area contributed by atoms with Crippen LogP contribution in [0, 0.1) is 0 Å². The van der Waals surface area contributed by atoms with Gasteiger partial charge in [-0.25, -0.2) is 4.98 Å². The monoisotopic (exact) mass is 526 g/mol. The van der Waals surface area contributed by atoms with Gasteiger partial charge in [-0.1, -0.05) is 81.8 Å². The maximum Gasteiger partial charge on any atom is 0.262 e. The van der Waals surface area contributed by atoms with Crippen molar-refractivity contribution in [3.63, 3.8) is 0 Å². The van der Waals surface area contributed by atoms with Crippen molar-refractivity contribution in [2.24, 2.45) is 0 Å². The van der Waals surface area contributed by atoms with E-state index in [1.54, 1.807) is 22.8 Å². The van der Waals surface area contributed by atoms with Crippen LogP contribution in [0.4, 0.5) is 0 Å². The third-order valence-electron chi connectivity index (χ3n) is 5.01. The highest BCUT2D eigenvalue weighted by molar-refractivity contribution is 9.10. The number of carbonyl (C=O) groups excluding carboxylic acids is 1. The molecule has 0 spiro atoms. The van der Waals surface area contributed by atoms with Crippen LogP contribution in [0.2, 0.25) is 5.02 Å². The van der Waals surface area contributed by atoms with E-state index in [1.165, 1.54) is 11.8 Å². The average Bonchev–Trinajstić information content (AvgIpc) is 2.80. The van der Waals surface area contributed by atoms with Crippen molar-refractivity contribution in [3.8, 4) is 0 Å². The molecule has 0 aliphatic heterocycles. The van der Waals surface area contributed by atoms with Crippen molar-refractivity contribution in [2.45, 2.75) is 24.5 Å². The normalized spacial score (nSPS) is 11.1. The van der Waals surface area contributed by atoms with Crippen LogP contribution in [-0.4, -0.2) is 21.1 Å². The predicted octanol–water partition coefficient (Wildman–Crippen LogP) is 6.62. The van der Waals surface area contributed by atoms with Gasteiger partial charge in [0.25, 0.3) is 5.56 Å². The molecule has 0 saturated carbocycles. The van der Waals surface area contributed by atoms with Crippen LogP contribution in [0.5, 0.6) is 0 Å². The zero-order valence-corrected chi connectivity index (χ0v) is 20.3. The minimum absolute atomic E-state index is 0.0936. The summed E-state index contributed by atoms with van der Waals surface area (Å²) in [6, 6.07) is 22.4. The van der Waals surface area contributed by atoms with Crippen LogP contribution in [0.3, 0.4) is 0 Å². The maximum absolute atomic E-state index is 13.2. The second kappa shape index (κ2) is 10.5. The molecule has 0 fully saturated rings. The molecule has 0 aliphatic rings. The SMILES string of the molecule is O=C(CCCSc1nc2cc(Cl)ccc2c(=O)n1Cc1ccccc1)c1ccc(Br)cc1. The number of thioether (sulfide) groups is 1. The summed E-state index contributed by atoms with van der Waals surface area (Å²) in [5.74, 6) is 0.785. The van der Waals surface area contributed by atoms with Crippen molar-refractivity contribution in [3.05, 3.63) is 104 Å². The van der Waals surface area contributed by atoms with Gasteiger partial charge in [-0.15, -0.1) is 0 Å². The second-order valence-electron chi connectivity index (χ2n) is 7.31. The number of halogens is 2. The van der Waals surface area contributed by atoms with E-state index in [0.717, 1.165) is 10.0 Å². The third-order valence-corrected chi connectivity index (χ3v) is 6.84. The number of hydrogen-bond donors (Lipinski definition) is 0. The van der Waals surface area contributed by atoms with E-state index >= 15 is 0 Å². The molecule has 32 heavy (non-hydrogen) atoms. The number of aromatic nitrogens is 2. The third kappa shape index (κ3) is 5.49. The molecule has 0 amide bonds. The Hall–Kier alpha value is -2.41. The lowest BCUT2D eigenvalue weighted by Gasteiger charge is -2.13. The summed E-state index contributed by atoms with van der Waals surface area (Å²) in [4.78, 5) is 30.4. The molecule has 3 aromatic carbocycles. The van der Waals surface area contributed by atoms with Gasteiger partial charge in [0.2, 0.25) is 0 Å². The van der Waals surface area contributed by atoms with Gasteiger partial charge in [0, 0.05) is 27.2 Å². The standard InChI is InChI=1S/C25H20BrClN2O2S/c26-19-10-8-18(9-11-19)23(30)7-4-14-32-25-28-22-15-20(27)12-13-21(22)24(31)29(25)16-17-5-2-1-3-6-17/h1-3,5-6,8-13,15H,4,7,14,16H2. The van der Waals surface area contributed by atoms with E-state index in [2.05, 4.69) is 15.9 Å². The maximum atomic E-state index is 13.2. The lowest BCUT2D eigenvalue weighted by molar-refractivity contribution is 0.0982. The predicted molar refractivity (Wildman–Crippen MR) is 135 cm³/mol. The van der Waals surface area contributed by atoms with E-state index in [0.29, 0.717) is 51.8 Å². The number of ketones is 1. The van der Waals surface area contributed by atoms with Gasteiger partial charge >= 0.3 is 0 Å². The van der Waals surface area contributed by atoms with E-state index in [1.807, 2.05) is 54.6 Å². The lowest BCUT2D eigenvalue weighted by Crippen LogP contribution is -2.24. The zero-order valence-electron chi connectivity index (χ0n) is 17.1. The molecule has 0 aliphatic carbocycles. The van der Waals surface area contributed by atoms with Crippen molar-refractivity contribution >= 4 is 56.0 Å². The number of Topliss-reactive ketones (excluding diaryl/α,β-unsaturated/α-hetero) is 1. The Balaban J connectivity index is 1.53. The van der Waals surface area contributed by atoms with E-state index in [-0.39, 0.29) is 11.3 Å². The second-order valence-corrected chi connectivity index (χ2v) is 9.73. The van der Waals surface area contributed by atoms with Gasteiger partial charge in [-0.3, -0.25) is 14.2 Å². The number of carbonyl (C=O) groups is 1. The lowest BCUT2D eigenvalue weighted by atomic mass is 10.1.